The van der Waals surface area contributed by atoms with Gasteiger partial charge in [0.2, 0.25) is 11.8 Å². The highest BCUT2D eigenvalue weighted by atomic mass is 16.6. The Kier molecular flexibility index (Phi) is 6.21. The summed E-state index contributed by atoms with van der Waals surface area (Å²) in [5, 5.41) is 16.5. The number of benzene rings is 2. The first-order chi connectivity index (χ1) is 12.4. The lowest BCUT2D eigenvalue weighted by Crippen LogP contribution is -2.24. The van der Waals surface area contributed by atoms with Crippen LogP contribution in [0, 0.1) is 10.1 Å². The van der Waals surface area contributed by atoms with Crippen molar-refractivity contribution in [2.75, 3.05) is 5.32 Å². The summed E-state index contributed by atoms with van der Waals surface area (Å²) in [7, 11) is 0. The van der Waals surface area contributed by atoms with Crippen molar-refractivity contribution in [2.45, 2.75) is 19.9 Å². The zero-order chi connectivity index (χ0) is 19.1. The Labute approximate surface area is 150 Å². The number of rotatable bonds is 6. The maximum absolute atomic E-state index is 12.1. The lowest BCUT2D eigenvalue weighted by atomic mass is 10.1. The van der Waals surface area contributed by atoms with Crippen LogP contribution in [0.5, 0.6) is 0 Å². The Balaban J connectivity index is 2.06. The van der Waals surface area contributed by atoms with Crippen LogP contribution < -0.4 is 10.6 Å². The van der Waals surface area contributed by atoms with Gasteiger partial charge in [-0.05, 0) is 36.8 Å². The van der Waals surface area contributed by atoms with Crippen molar-refractivity contribution in [1.29, 1.82) is 0 Å². The van der Waals surface area contributed by atoms with Gasteiger partial charge in [0.05, 0.1) is 16.5 Å². The number of anilines is 1. The molecule has 2 aromatic carbocycles. The molecule has 0 radical (unpaired) electrons. The van der Waals surface area contributed by atoms with Crippen LogP contribution in [0.3, 0.4) is 0 Å². The van der Waals surface area contributed by atoms with Crippen molar-refractivity contribution in [2.24, 2.45) is 0 Å². The van der Waals surface area contributed by atoms with Gasteiger partial charge in [-0.2, -0.15) is 0 Å². The van der Waals surface area contributed by atoms with Crippen LogP contribution in [0.2, 0.25) is 0 Å². The van der Waals surface area contributed by atoms with Crippen molar-refractivity contribution < 1.29 is 14.5 Å². The van der Waals surface area contributed by atoms with E-state index in [2.05, 4.69) is 10.6 Å². The smallest absolute Gasteiger partial charge is 0.276 e. The van der Waals surface area contributed by atoms with Gasteiger partial charge in [-0.25, -0.2) is 0 Å². The van der Waals surface area contributed by atoms with E-state index in [9.17, 15) is 19.7 Å². The Morgan fingerprint density at radius 2 is 1.88 bits per heavy atom. The van der Waals surface area contributed by atoms with Gasteiger partial charge >= 0.3 is 0 Å². The molecule has 1 unspecified atom stereocenters. The van der Waals surface area contributed by atoms with Gasteiger partial charge in [0.1, 0.15) is 0 Å². The lowest BCUT2D eigenvalue weighted by Gasteiger charge is -2.14. The molecular weight excluding hydrogens is 334 g/mol. The summed E-state index contributed by atoms with van der Waals surface area (Å²) in [4.78, 5) is 33.7. The molecule has 0 bridgehead atoms. The topological polar surface area (TPSA) is 101 Å². The number of nitrogens with zero attached hydrogens (tertiary/aromatic N) is 1. The van der Waals surface area contributed by atoms with Gasteiger partial charge < -0.3 is 10.6 Å². The summed E-state index contributed by atoms with van der Waals surface area (Å²) < 4.78 is 0. The maximum Gasteiger partial charge on any atom is 0.276 e. The Morgan fingerprint density at radius 3 is 2.58 bits per heavy atom. The van der Waals surface area contributed by atoms with Crippen LogP contribution >= 0.6 is 0 Å². The number of carbonyl (C=O) groups excluding carboxylic acids is 2. The van der Waals surface area contributed by atoms with Gasteiger partial charge in [0.15, 0.2) is 0 Å². The molecule has 0 aromatic heterocycles. The SMILES string of the molecule is CC(=O)Nc1cccc(C(C)NC(=O)/C=C/c2ccccc2[N+](=O)[O-])c1. The van der Waals surface area contributed by atoms with Gasteiger partial charge in [0, 0.05) is 24.8 Å². The minimum absolute atomic E-state index is 0.0624. The molecule has 7 nitrogen and oxygen atoms in total. The number of nitrogens with one attached hydrogen (secondary N) is 2. The summed E-state index contributed by atoms with van der Waals surface area (Å²) in [5.74, 6) is -0.549. The number of carbonyl (C=O) groups is 2. The Morgan fingerprint density at radius 1 is 1.15 bits per heavy atom. The Bertz CT molecular complexity index is 861. The number of nitro groups is 1. The molecule has 0 saturated heterocycles. The van der Waals surface area contributed by atoms with Gasteiger partial charge in [-0.1, -0.05) is 24.3 Å². The standard InChI is InChI=1S/C19H19N3O4/c1-13(16-7-5-8-17(12-16)21-14(2)23)20-19(24)11-10-15-6-3-4-9-18(15)22(25)26/h3-13H,1-2H3,(H,20,24)(H,21,23)/b11-10+. The fourth-order valence-corrected chi connectivity index (χ4v) is 2.39. The molecular formula is C19H19N3O4. The van der Waals surface area contributed by atoms with E-state index in [1.54, 1.807) is 36.4 Å². The highest BCUT2D eigenvalue weighted by Gasteiger charge is 2.11. The molecule has 26 heavy (non-hydrogen) atoms. The minimum Gasteiger partial charge on any atom is -0.346 e. The summed E-state index contributed by atoms with van der Waals surface area (Å²) >= 11 is 0. The normalized spacial score (nSPS) is 11.8. The summed E-state index contributed by atoms with van der Waals surface area (Å²) in [6, 6.07) is 13.0. The second kappa shape index (κ2) is 8.57. The largest absolute Gasteiger partial charge is 0.346 e. The summed E-state index contributed by atoms with van der Waals surface area (Å²) in [6.07, 6.45) is 2.67. The zero-order valence-electron chi connectivity index (χ0n) is 14.4. The van der Waals surface area contributed by atoms with Crippen LogP contribution in [0.25, 0.3) is 6.08 Å². The highest BCUT2D eigenvalue weighted by molar-refractivity contribution is 5.92. The van der Waals surface area contributed by atoms with Gasteiger partial charge in [0.25, 0.3) is 5.69 Å². The van der Waals surface area contributed by atoms with Crippen molar-refractivity contribution in [3.8, 4) is 0 Å². The predicted molar refractivity (Wildman–Crippen MR) is 99.4 cm³/mol. The van der Waals surface area contributed by atoms with Crippen molar-refractivity contribution in [3.05, 3.63) is 75.8 Å². The molecule has 0 spiro atoms. The molecule has 7 heteroatoms. The van der Waals surface area contributed by atoms with Crippen molar-refractivity contribution in [3.63, 3.8) is 0 Å². The number of hydrogen-bond acceptors (Lipinski definition) is 4. The fourth-order valence-electron chi connectivity index (χ4n) is 2.39. The first kappa shape index (κ1) is 18.9. The van der Waals surface area contributed by atoms with E-state index in [4.69, 9.17) is 0 Å². The fraction of sp³-hybridized carbons (Fsp3) is 0.158. The molecule has 2 rings (SSSR count). The minimum atomic E-state index is -0.492. The van der Waals surface area contributed by atoms with E-state index < -0.39 is 4.92 Å². The van der Waals surface area contributed by atoms with Crippen LogP contribution in [-0.2, 0) is 9.59 Å². The van der Waals surface area contributed by atoms with Gasteiger partial charge in [-0.3, -0.25) is 19.7 Å². The molecule has 0 aliphatic rings. The first-order valence-corrected chi connectivity index (χ1v) is 7.96. The number of nitro benzene ring substituents is 1. The average Bonchev–Trinajstić information content (AvgIpc) is 2.59. The van der Waals surface area contributed by atoms with E-state index in [0.717, 1.165) is 5.56 Å². The zero-order valence-corrected chi connectivity index (χ0v) is 14.4. The van der Waals surface area contributed by atoms with Crippen LogP contribution in [0.1, 0.15) is 31.0 Å². The third-order valence-corrected chi connectivity index (χ3v) is 3.61. The first-order valence-electron chi connectivity index (χ1n) is 7.96. The molecule has 0 fully saturated rings. The molecule has 0 saturated carbocycles. The highest BCUT2D eigenvalue weighted by Crippen LogP contribution is 2.20. The number of amides is 2. The van der Waals surface area contributed by atoms with E-state index in [0.29, 0.717) is 11.3 Å². The van der Waals surface area contributed by atoms with Crippen LogP contribution in [-0.4, -0.2) is 16.7 Å². The van der Waals surface area contributed by atoms with Crippen molar-refractivity contribution in [1.82, 2.24) is 5.32 Å². The third kappa shape index (κ3) is 5.27. The second-order valence-corrected chi connectivity index (χ2v) is 5.69. The predicted octanol–water partition coefficient (Wildman–Crippen LogP) is 3.44. The summed E-state index contributed by atoms with van der Waals surface area (Å²) in [5.41, 5.74) is 1.76. The Hall–Kier alpha value is -3.48. The molecule has 1 atom stereocenters. The monoisotopic (exact) mass is 353 g/mol. The van der Waals surface area contributed by atoms with E-state index in [1.165, 1.54) is 25.1 Å². The second-order valence-electron chi connectivity index (χ2n) is 5.69. The van der Waals surface area contributed by atoms with Gasteiger partial charge in [-0.15, -0.1) is 0 Å². The average molecular weight is 353 g/mol. The summed E-state index contributed by atoms with van der Waals surface area (Å²) in [6.45, 7) is 3.23. The quantitative estimate of drug-likeness (QED) is 0.472. The third-order valence-electron chi connectivity index (χ3n) is 3.61. The molecule has 2 N–H and O–H groups in total. The van der Waals surface area contributed by atoms with E-state index in [-0.39, 0.29) is 23.5 Å². The van der Waals surface area contributed by atoms with Crippen LogP contribution in [0.15, 0.2) is 54.6 Å². The van der Waals surface area contributed by atoms with E-state index in [1.807, 2.05) is 13.0 Å². The molecule has 0 heterocycles. The van der Waals surface area contributed by atoms with Crippen molar-refractivity contribution >= 4 is 29.3 Å². The van der Waals surface area contributed by atoms with Crippen LogP contribution in [0.4, 0.5) is 11.4 Å². The van der Waals surface area contributed by atoms with E-state index >= 15 is 0 Å². The molecule has 134 valence electrons. The molecule has 2 amide bonds. The lowest BCUT2D eigenvalue weighted by molar-refractivity contribution is -0.385. The maximum atomic E-state index is 12.1. The number of hydrogen-bond donors (Lipinski definition) is 2. The molecule has 0 aliphatic carbocycles. The molecule has 2 aromatic rings. The molecule has 0 aliphatic heterocycles. The number of para-hydroxylation sites is 1.